The molecule has 0 heterocycles. The molecule has 0 saturated carbocycles. The molecule has 0 aromatic rings. The highest BCUT2D eigenvalue weighted by molar-refractivity contribution is 5.83. The van der Waals surface area contributed by atoms with E-state index in [0.717, 1.165) is 45.2 Å². The van der Waals surface area contributed by atoms with Crippen molar-refractivity contribution in [2.24, 2.45) is 0 Å². The van der Waals surface area contributed by atoms with Crippen molar-refractivity contribution in [3.8, 4) is 0 Å². The maximum Gasteiger partial charge on any atom is 0.320 e. The van der Waals surface area contributed by atoms with E-state index in [4.69, 9.17) is 0 Å². The minimum Gasteiger partial charge on any atom is -0.480 e. The Bertz CT molecular complexity index is 460. The fraction of sp³-hybridized carbons (Fsp3) is 0.818. The van der Waals surface area contributed by atoms with E-state index >= 15 is 0 Å². The van der Waals surface area contributed by atoms with Crippen molar-refractivity contribution in [2.75, 3.05) is 19.6 Å². The molecule has 29 heavy (non-hydrogen) atoms. The van der Waals surface area contributed by atoms with Gasteiger partial charge in [-0.2, -0.15) is 0 Å². The number of amides is 1. The summed E-state index contributed by atoms with van der Waals surface area (Å²) in [5.74, 6) is -0.474. The number of carbonyl (C=O) groups is 4. The first-order chi connectivity index (χ1) is 13.7. The van der Waals surface area contributed by atoms with Crippen LogP contribution in [0.4, 0.5) is 0 Å². The lowest BCUT2D eigenvalue weighted by molar-refractivity contribution is -0.143. The molecule has 0 spiro atoms. The van der Waals surface area contributed by atoms with Crippen molar-refractivity contribution in [3.05, 3.63) is 0 Å². The Morgan fingerprint density at radius 1 is 0.828 bits per heavy atom. The van der Waals surface area contributed by atoms with Crippen molar-refractivity contribution >= 4 is 23.4 Å². The third-order valence-corrected chi connectivity index (χ3v) is 4.28. The fourth-order valence-electron chi connectivity index (χ4n) is 2.82. The molecule has 0 aliphatic heterocycles. The number of carbonyl (C=O) groups excluding carboxylic acids is 3. The van der Waals surface area contributed by atoms with Gasteiger partial charge in [-0.15, -0.1) is 0 Å². The number of rotatable bonds is 16. The van der Waals surface area contributed by atoms with Gasteiger partial charge in [0, 0.05) is 25.8 Å². The van der Waals surface area contributed by atoms with Gasteiger partial charge in [0.15, 0.2) is 0 Å². The Labute approximate surface area is 176 Å². The van der Waals surface area contributed by atoms with Gasteiger partial charge >= 0.3 is 5.97 Å². The zero-order chi connectivity index (χ0) is 22.7. The molecule has 0 saturated heterocycles. The number of nitrogens with one attached hydrogen (secondary N) is 1. The van der Waals surface area contributed by atoms with Gasteiger partial charge in [-0.3, -0.25) is 14.5 Å². The van der Waals surface area contributed by atoms with Crippen LogP contribution >= 0.6 is 0 Å². The number of aliphatic carboxylic acids is 1. The second-order valence-corrected chi connectivity index (χ2v) is 7.39. The predicted octanol–water partition coefficient (Wildman–Crippen LogP) is 3.59. The SMILES string of the molecule is CC(=O)CCC(C)=O.CCCC(=O)NCCCC[C@H](C(=O)O)N(CCC)CCC. The number of ketones is 2. The Hall–Kier alpha value is -1.76. The lowest BCUT2D eigenvalue weighted by Crippen LogP contribution is -2.42. The Morgan fingerprint density at radius 3 is 1.72 bits per heavy atom. The predicted molar refractivity (Wildman–Crippen MR) is 116 cm³/mol. The van der Waals surface area contributed by atoms with Crippen molar-refractivity contribution in [1.29, 1.82) is 0 Å². The van der Waals surface area contributed by atoms with Crippen LogP contribution in [0.25, 0.3) is 0 Å². The highest BCUT2D eigenvalue weighted by Crippen LogP contribution is 2.11. The van der Waals surface area contributed by atoms with E-state index < -0.39 is 12.0 Å². The number of carboxylic acids is 1. The molecule has 1 amide bonds. The van der Waals surface area contributed by atoms with E-state index in [2.05, 4.69) is 24.1 Å². The minimum atomic E-state index is -0.730. The van der Waals surface area contributed by atoms with Crippen LogP contribution in [0.5, 0.6) is 0 Å². The summed E-state index contributed by atoms with van der Waals surface area (Å²) >= 11 is 0. The summed E-state index contributed by atoms with van der Waals surface area (Å²) in [7, 11) is 0. The molecule has 0 rings (SSSR count). The van der Waals surface area contributed by atoms with Gasteiger partial charge in [-0.25, -0.2) is 0 Å². The molecule has 0 unspecified atom stereocenters. The van der Waals surface area contributed by atoms with Gasteiger partial charge in [0.2, 0.25) is 5.91 Å². The van der Waals surface area contributed by atoms with E-state index in [0.29, 0.717) is 32.2 Å². The van der Waals surface area contributed by atoms with E-state index in [1.807, 2.05) is 6.92 Å². The zero-order valence-electron chi connectivity index (χ0n) is 19.1. The molecule has 0 aromatic heterocycles. The Kier molecular flexibility index (Phi) is 19.8. The minimum absolute atomic E-state index is 0.0835. The summed E-state index contributed by atoms with van der Waals surface area (Å²) in [6, 6.07) is -0.392. The summed E-state index contributed by atoms with van der Waals surface area (Å²) in [6.45, 7) is 11.4. The number of unbranched alkanes of at least 4 members (excludes halogenated alkanes) is 1. The molecule has 0 fully saturated rings. The number of nitrogens with zero attached hydrogens (tertiary/aromatic N) is 1. The van der Waals surface area contributed by atoms with Crippen molar-refractivity contribution in [1.82, 2.24) is 10.2 Å². The van der Waals surface area contributed by atoms with Gasteiger partial charge in [0.05, 0.1) is 0 Å². The number of carboxylic acid groups (broad SMARTS) is 1. The second-order valence-electron chi connectivity index (χ2n) is 7.39. The van der Waals surface area contributed by atoms with E-state index in [1.165, 1.54) is 13.8 Å². The lowest BCUT2D eigenvalue weighted by atomic mass is 10.1. The van der Waals surface area contributed by atoms with Crippen LogP contribution in [0.15, 0.2) is 0 Å². The molecular weight excluding hydrogens is 372 g/mol. The van der Waals surface area contributed by atoms with Crippen molar-refractivity contribution in [3.63, 3.8) is 0 Å². The molecule has 0 aromatic carbocycles. The Balaban J connectivity index is 0. The van der Waals surface area contributed by atoms with Gasteiger partial charge in [-0.1, -0.05) is 20.8 Å². The van der Waals surface area contributed by atoms with Crippen LogP contribution < -0.4 is 5.32 Å². The maximum atomic E-state index is 11.4. The molecule has 0 bridgehead atoms. The van der Waals surface area contributed by atoms with Gasteiger partial charge in [-0.05, 0) is 65.5 Å². The van der Waals surface area contributed by atoms with Crippen LogP contribution in [0.1, 0.15) is 92.4 Å². The molecule has 7 heteroatoms. The molecule has 170 valence electrons. The van der Waals surface area contributed by atoms with E-state index in [9.17, 15) is 24.3 Å². The third-order valence-electron chi connectivity index (χ3n) is 4.28. The summed E-state index contributed by atoms with van der Waals surface area (Å²) in [5, 5.41) is 12.3. The molecular formula is C22H42N2O5. The smallest absolute Gasteiger partial charge is 0.320 e. The summed E-state index contributed by atoms with van der Waals surface area (Å²) in [5.41, 5.74) is 0. The largest absolute Gasteiger partial charge is 0.480 e. The molecule has 0 radical (unpaired) electrons. The summed E-state index contributed by atoms with van der Waals surface area (Å²) < 4.78 is 0. The monoisotopic (exact) mass is 414 g/mol. The normalized spacial score (nSPS) is 11.4. The first-order valence-corrected chi connectivity index (χ1v) is 10.9. The highest BCUT2D eigenvalue weighted by atomic mass is 16.4. The fourth-order valence-corrected chi connectivity index (χ4v) is 2.82. The first kappa shape index (κ1) is 29.4. The number of hydrogen-bond acceptors (Lipinski definition) is 5. The molecule has 2 N–H and O–H groups in total. The first-order valence-electron chi connectivity index (χ1n) is 10.9. The van der Waals surface area contributed by atoms with E-state index in [-0.39, 0.29) is 17.5 Å². The maximum absolute atomic E-state index is 11.4. The second kappa shape index (κ2) is 19.6. The number of Topliss-reactive ketones (excluding diaryl/α,β-unsaturated/α-hetero) is 2. The zero-order valence-corrected chi connectivity index (χ0v) is 19.1. The molecule has 0 aliphatic carbocycles. The quantitative estimate of drug-likeness (QED) is 0.374. The van der Waals surface area contributed by atoms with Crippen LogP contribution in [0, 0.1) is 0 Å². The summed E-state index contributed by atoms with van der Waals surface area (Å²) in [6.07, 6.45) is 6.48. The van der Waals surface area contributed by atoms with Crippen LogP contribution in [0.3, 0.4) is 0 Å². The Morgan fingerprint density at radius 2 is 1.34 bits per heavy atom. The summed E-state index contributed by atoms with van der Waals surface area (Å²) in [4.78, 5) is 45.2. The van der Waals surface area contributed by atoms with Gasteiger partial charge < -0.3 is 20.0 Å². The average molecular weight is 415 g/mol. The standard InChI is InChI=1S/C16H32N2O3.C6H10O2/c1-4-9-15(19)17-11-8-7-10-14(16(20)21)18(12-5-2)13-6-3;1-5(7)3-4-6(2)8/h14H,4-13H2,1-3H3,(H,17,19)(H,20,21);3-4H2,1-2H3/t14-;/m1./s1. The molecule has 7 nitrogen and oxygen atoms in total. The van der Waals surface area contributed by atoms with Crippen molar-refractivity contribution in [2.45, 2.75) is 98.4 Å². The average Bonchev–Trinajstić information content (AvgIpc) is 2.63. The molecule has 0 aliphatic rings. The lowest BCUT2D eigenvalue weighted by Gasteiger charge is -2.28. The third kappa shape index (κ3) is 19.3. The van der Waals surface area contributed by atoms with Crippen LogP contribution in [-0.4, -0.2) is 59.1 Å². The van der Waals surface area contributed by atoms with E-state index in [1.54, 1.807) is 0 Å². The highest BCUT2D eigenvalue weighted by Gasteiger charge is 2.23. The van der Waals surface area contributed by atoms with Crippen molar-refractivity contribution < 1.29 is 24.3 Å². The van der Waals surface area contributed by atoms with Gasteiger partial charge in [0.1, 0.15) is 17.6 Å². The van der Waals surface area contributed by atoms with Crippen LogP contribution in [-0.2, 0) is 19.2 Å². The van der Waals surface area contributed by atoms with Crippen LogP contribution in [0.2, 0.25) is 0 Å². The van der Waals surface area contributed by atoms with Gasteiger partial charge in [0.25, 0.3) is 0 Å². The topological polar surface area (TPSA) is 104 Å². The molecule has 1 atom stereocenters. The number of hydrogen-bond donors (Lipinski definition) is 2.